The molecule has 1 aliphatic heterocycles. The molecule has 0 saturated carbocycles. The number of hydrogen-bond donors (Lipinski definition) is 2. The summed E-state index contributed by atoms with van der Waals surface area (Å²) in [4.78, 5) is 23.5. The second kappa shape index (κ2) is 7.59. The molecule has 0 bridgehead atoms. The standard InChI is InChI=1S/C18H25NO4/c1-18(2,17(21)22)11-16(20)19-15(10-13-8-9-23-12-13)14-6-4-3-5-7-14/h3-7,13,15H,8-12H2,1-2H3,(H,19,20)(H,21,22). The first kappa shape index (κ1) is 17.5. The normalized spacial score (nSPS) is 19.3. The number of aliphatic carboxylic acids is 1. The number of carboxylic acid groups (broad SMARTS) is 1. The molecule has 0 radical (unpaired) electrons. The van der Waals surface area contributed by atoms with Gasteiger partial charge in [0.1, 0.15) is 0 Å². The van der Waals surface area contributed by atoms with Crippen LogP contribution < -0.4 is 5.32 Å². The number of carbonyl (C=O) groups is 2. The zero-order valence-electron chi connectivity index (χ0n) is 13.7. The first-order valence-electron chi connectivity index (χ1n) is 8.04. The Bertz CT molecular complexity index is 535. The van der Waals surface area contributed by atoms with Gasteiger partial charge in [0.15, 0.2) is 0 Å². The van der Waals surface area contributed by atoms with Gasteiger partial charge in [0.2, 0.25) is 5.91 Å². The van der Waals surface area contributed by atoms with Crippen LogP contribution in [0.15, 0.2) is 30.3 Å². The average molecular weight is 319 g/mol. The SMILES string of the molecule is CC(C)(CC(=O)NC(CC1CCOC1)c1ccccc1)C(=O)O. The summed E-state index contributed by atoms with van der Waals surface area (Å²) in [7, 11) is 0. The number of benzene rings is 1. The molecule has 0 aliphatic carbocycles. The minimum absolute atomic E-state index is 0.0349. The Balaban J connectivity index is 2.05. The second-order valence-corrected chi connectivity index (χ2v) is 6.86. The van der Waals surface area contributed by atoms with Gasteiger partial charge in [-0.15, -0.1) is 0 Å². The van der Waals surface area contributed by atoms with E-state index in [1.165, 1.54) is 0 Å². The van der Waals surface area contributed by atoms with Crippen LogP contribution >= 0.6 is 0 Å². The topological polar surface area (TPSA) is 75.6 Å². The van der Waals surface area contributed by atoms with Crippen LogP contribution in [0.1, 0.15) is 44.7 Å². The molecule has 0 spiro atoms. The number of rotatable bonds is 7. The highest BCUT2D eigenvalue weighted by molar-refractivity contribution is 5.84. The quantitative estimate of drug-likeness (QED) is 0.810. The maximum Gasteiger partial charge on any atom is 0.309 e. The lowest BCUT2D eigenvalue weighted by atomic mass is 9.88. The summed E-state index contributed by atoms with van der Waals surface area (Å²) in [6, 6.07) is 9.70. The Morgan fingerprint density at radius 3 is 2.61 bits per heavy atom. The first-order valence-corrected chi connectivity index (χ1v) is 8.04. The molecule has 23 heavy (non-hydrogen) atoms. The largest absolute Gasteiger partial charge is 0.481 e. The molecule has 2 atom stereocenters. The van der Waals surface area contributed by atoms with Gasteiger partial charge in [-0.1, -0.05) is 30.3 Å². The third-order valence-corrected chi connectivity index (χ3v) is 4.31. The van der Waals surface area contributed by atoms with Crippen LogP contribution in [0.3, 0.4) is 0 Å². The van der Waals surface area contributed by atoms with Crippen LogP contribution in [0, 0.1) is 11.3 Å². The molecule has 1 aliphatic rings. The van der Waals surface area contributed by atoms with Crippen LogP contribution in [0.4, 0.5) is 0 Å². The predicted octanol–water partition coefficient (Wildman–Crippen LogP) is 2.77. The van der Waals surface area contributed by atoms with Gasteiger partial charge in [0, 0.05) is 19.6 Å². The van der Waals surface area contributed by atoms with Crippen molar-refractivity contribution in [3.05, 3.63) is 35.9 Å². The summed E-state index contributed by atoms with van der Waals surface area (Å²) in [6.45, 7) is 4.63. The molecule has 2 rings (SSSR count). The van der Waals surface area contributed by atoms with Crippen molar-refractivity contribution in [3.63, 3.8) is 0 Å². The first-order chi connectivity index (χ1) is 10.9. The average Bonchev–Trinajstić information content (AvgIpc) is 3.00. The van der Waals surface area contributed by atoms with Gasteiger partial charge in [-0.25, -0.2) is 0 Å². The van der Waals surface area contributed by atoms with Crippen molar-refractivity contribution in [2.45, 2.75) is 39.2 Å². The Kier molecular flexibility index (Phi) is 5.77. The van der Waals surface area contributed by atoms with E-state index in [4.69, 9.17) is 4.74 Å². The van der Waals surface area contributed by atoms with Crippen molar-refractivity contribution in [2.24, 2.45) is 11.3 Å². The predicted molar refractivity (Wildman–Crippen MR) is 86.9 cm³/mol. The van der Waals surface area contributed by atoms with Crippen LogP contribution in [0.5, 0.6) is 0 Å². The summed E-state index contributed by atoms with van der Waals surface area (Å²) in [5.41, 5.74) is -0.0252. The van der Waals surface area contributed by atoms with Crippen molar-refractivity contribution in [1.82, 2.24) is 5.32 Å². The summed E-state index contributed by atoms with van der Waals surface area (Å²) >= 11 is 0. The van der Waals surface area contributed by atoms with Crippen LogP contribution in [-0.4, -0.2) is 30.2 Å². The van der Waals surface area contributed by atoms with Crippen molar-refractivity contribution >= 4 is 11.9 Å². The van der Waals surface area contributed by atoms with Crippen molar-refractivity contribution in [3.8, 4) is 0 Å². The molecule has 1 aromatic carbocycles. The smallest absolute Gasteiger partial charge is 0.309 e. The van der Waals surface area contributed by atoms with Crippen LogP contribution in [0.25, 0.3) is 0 Å². The number of hydrogen-bond acceptors (Lipinski definition) is 3. The lowest BCUT2D eigenvalue weighted by Crippen LogP contribution is -2.36. The fourth-order valence-electron chi connectivity index (χ4n) is 2.79. The molecule has 5 heteroatoms. The van der Waals surface area contributed by atoms with Crippen molar-refractivity contribution < 1.29 is 19.4 Å². The van der Waals surface area contributed by atoms with Gasteiger partial charge in [0.25, 0.3) is 0 Å². The van der Waals surface area contributed by atoms with E-state index in [0.717, 1.165) is 31.6 Å². The molecule has 2 unspecified atom stereocenters. The highest BCUT2D eigenvalue weighted by Gasteiger charge is 2.31. The molecular weight excluding hydrogens is 294 g/mol. The Labute approximate surface area is 137 Å². The molecule has 1 aromatic rings. The molecule has 0 aromatic heterocycles. The Morgan fingerprint density at radius 1 is 1.35 bits per heavy atom. The summed E-state index contributed by atoms with van der Waals surface area (Å²) in [5, 5.41) is 12.2. The van der Waals surface area contributed by atoms with Gasteiger partial charge >= 0.3 is 5.97 Å². The Morgan fingerprint density at radius 2 is 2.04 bits per heavy atom. The number of nitrogens with one attached hydrogen (secondary N) is 1. The van der Waals surface area contributed by atoms with E-state index in [-0.39, 0.29) is 18.4 Å². The maximum atomic E-state index is 12.3. The molecule has 5 nitrogen and oxygen atoms in total. The van der Waals surface area contributed by atoms with Gasteiger partial charge in [0.05, 0.1) is 11.5 Å². The fourth-order valence-corrected chi connectivity index (χ4v) is 2.79. The third-order valence-electron chi connectivity index (χ3n) is 4.31. The number of carbonyl (C=O) groups excluding carboxylic acids is 1. The monoisotopic (exact) mass is 319 g/mol. The maximum absolute atomic E-state index is 12.3. The van der Waals surface area contributed by atoms with E-state index in [2.05, 4.69) is 5.32 Å². The van der Waals surface area contributed by atoms with E-state index < -0.39 is 11.4 Å². The van der Waals surface area contributed by atoms with E-state index >= 15 is 0 Å². The van der Waals surface area contributed by atoms with Gasteiger partial charge in [-0.2, -0.15) is 0 Å². The minimum atomic E-state index is -1.07. The van der Waals surface area contributed by atoms with Crippen LogP contribution in [-0.2, 0) is 14.3 Å². The number of ether oxygens (including phenoxy) is 1. The molecule has 1 saturated heterocycles. The van der Waals surface area contributed by atoms with Crippen LogP contribution in [0.2, 0.25) is 0 Å². The molecule has 126 valence electrons. The van der Waals surface area contributed by atoms with Crippen molar-refractivity contribution in [1.29, 1.82) is 0 Å². The summed E-state index contributed by atoms with van der Waals surface area (Å²) in [6.07, 6.45) is 1.77. The minimum Gasteiger partial charge on any atom is -0.481 e. The van der Waals surface area contributed by atoms with Gasteiger partial charge in [-0.3, -0.25) is 9.59 Å². The van der Waals surface area contributed by atoms with E-state index in [1.54, 1.807) is 13.8 Å². The highest BCUT2D eigenvalue weighted by atomic mass is 16.5. The van der Waals surface area contributed by atoms with Gasteiger partial charge < -0.3 is 15.2 Å². The molecule has 2 N–H and O–H groups in total. The van der Waals surface area contributed by atoms with Gasteiger partial charge in [-0.05, 0) is 38.2 Å². The highest BCUT2D eigenvalue weighted by Crippen LogP contribution is 2.28. The number of amides is 1. The lowest BCUT2D eigenvalue weighted by Gasteiger charge is -2.24. The molecule has 1 fully saturated rings. The number of carboxylic acids is 1. The van der Waals surface area contributed by atoms with E-state index in [9.17, 15) is 14.7 Å². The molecule has 1 heterocycles. The fraction of sp³-hybridized carbons (Fsp3) is 0.556. The van der Waals surface area contributed by atoms with Crippen molar-refractivity contribution in [2.75, 3.05) is 13.2 Å². The summed E-state index contributed by atoms with van der Waals surface area (Å²) in [5.74, 6) is -0.772. The van der Waals surface area contributed by atoms with E-state index in [1.807, 2.05) is 30.3 Å². The zero-order chi connectivity index (χ0) is 16.9. The molecule has 1 amide bonds. The summed E-state index contributed by atoms with van der Waals surface area (Å²) < 4.78 is 5.42. The van der Waals surface area contributed by atoms with E-state index in [0.29, 0.717) is 5.92 Å². The Hall–Kier alpha value is -1.88. The molecular formula is C18H25NO4. The lowest BCUT2D eigenvalue weighted by molar-refractivity contribution is -0.149. The second-order valence-electron chi connectivity index (χ2n) is 6.86. The third kappa shape index (κ3) is 5.06. The zero-order valence-corrected chi connectivity index (χ0v) is 13.7.